The van der Waals surface area contributed by atoms with Gasteiger partial charge in [-0.25, -0.2) is 0 Å². The maximum atomic E-state index is 7.22. The Morgan fingerprint density at radius 2 is 1.52 bits per heavy atom. The average Bonchev–Trinajstić information content (AvgIpc) is 3.19. The summed E-state index contributed by atoms with van der Waals surface area (Å²) in [6, 6.07) is 30.1. The number of fused-ring (bicyclic) bond motifs is 7. The third-order valence-electron chi connectivity index (χ3n) is 7.21. The Kier molecular flexibility index (Phi) is 3.62. The minimum Gasteiger partial charge on any atom is -0.399 e. The molecule has 1 heterocycles. The number of rotatable bonds is 1. The first-order chi connectivity index (χ1) is 16.1. The fourth-order valence-electron chi connectivity index (χ4n) is 5.58. The first-order valence-corrected chi connectivity index (χ1v) is 11.3. The molecule has 3 nitrogen and oxygen atoms in total. The average molecular weight is 426 g/mol. The summed E-state index contributed by atoms with van der Waals surface area (Å²) in [6.45, 7) is 0. The van der Waals surface area contributed by atoms with E-state index < -0.39 is 5.54 Å². The lowest BCUT2D eigenvalue weighted by Gasteiger charge is -2.31. The normalized spacial score (nSPS) is 17.8. The van der Waals surface area contributed by atoms with Crippen molar-refractivity contribution in [2.24, 2.45) is 5.73 Å². The molecule has 0 saturated carbocycles. The number of hydrogen-bond donors (Lipinski definition) is 3. The predicted molar refractivity (Wildman–Crippen MR) is 140 cm³/mol. The Balaban J connectivity index is 1.50. The van der Waals surface area contributed by atoms with Crippen LogP contribution in [0.1, 0.15) is 16.8 Å². The second-order valence-electron chi connectivity index (χ2n) is 9.26. The highest BCUT2D eigenvalue weighted by Gasteiger charge is 2.32. The highest BCUT2D eigenvalue weighted by atomic mass is 14.8. The van der Waals surface area contributed by atoms with Gasteiger partial charge in [-0.2, -0.15) is 0 Å². The summed E-state index contributed by atoms with van der Waals surface area (Å²) >= 11 is 0. The van der Waals surface area contributed by atoms with Crippen LogP contribution in [0, 0.1) is 0 Å². The standard InChI is InChI=1S/C30H23N3/c31-22-10-11-27-24(16-22)25-17-30(32,13-12-28(25)33-27)26-7-3-6-18-8-9-21-14-19-4-1-2-5-20(19)15-23(21)29(18)26/h1-16,33H,17,31-32H2. The second-order valence-corrected chi connectivity index (χ2v) is 9.26. The summed E-state index contributed by atoms with van der Waals surface area (Å²) in [5, 5.41) is 8.57. The fourth-order valence-corrected chi connectivity index (χ4v) is 5.58. The van der Waals surface area contributed by atoms with Crippen LogP contribution in [0.25, 0.3) is 49.3 Å². The summed E-state index contributed by atoms with van der Waals surface area (Å²) < 4.78 is 0. The largest absolute Gasteiger partial charge is 0.399 e. The number of nitrogens with one attached hydrogen (secondary N) is 1. The third kappa shape index (κ3) is 2.66. The van der Waals surface area contributed by atoms with Crippen LogP contribution in [0.15, 0.2) is 91.0 Å². The molecule has 0 spiro atoms. The molecule has 0 saturated heterocycles. The van der Waals surface area contributed by atoms with Gasteiger partial charge in [0.25, 0.3) is 0 Å². The molecule has 158 valence electrons. The number of nitrogen functional groups attached to an aromatic ring is 1. The monoisotopic (exact) mass is 425 g/mol. The molecule has 6 aromatic rings. The molecule has 33 heavy (non-hydrogen) atoms. The van der Waals surface area contributed by atoms with Crippen LogP contribution in [0.4, 0.5) is 5.69 Å². The van der Waals surface area contributed by atoms with Gasteiger partial charge in [-0.05, 0) is 79.9 Å². The number of nitrogens with two attached hydrogens (primary N) is 2. The fraction of sp³-hybridized carbons (Fsp3) is 0.0667. The maximum absolute atomic E-state index is 7.22. The highest BCUT2D eigenvalue weighted by molar-refractivity contribution is 6.13. The van der Waals surface area contributed by atoms with Crippen molar-refractivity contribution in [1.29, 1.82) is 0 Å². The van der Waals surface area contributed by atoms with Crippen LogP contribution < -0.4 is 11.5 Å². The summed E-state index contributed by atoms with van der Waals surface area (Å²) in [6.07, 6.45) is 5.00. The van der Waals surface area contributed by atoms with E-state index in [0.29, 0.717) is 6.42 Å². The Morgan fingerprint density at radius 3 is 2.39 bits per heavy atom. The third-order valence-corrected chi connectivity index (χ3v) is 7.21. The zero-order valence-electron chi connectivity index (χ0n) is 18.1. The first-order valence-electron chi connectivity index (χ1n) is 11.3. The highest BCUT2D eigenvalue weighted by Crippen LogP contribution is 2.41. The van der Waals surface area contributed by atoms with E-state index in [1.807, 2.05) is 12.1 Å². The maximum Gasteiger partial charge on any atom is 0.0647 e. The van der Waals surface area contributed by atoms with Gasteiger partial charge in [0.05, 0.1) is 5.54 Å². The lowest BCUT2D eigenvalue weighted by atomic mass is 9.77. The van der Waals surface area contributed by atoms with Crippen molar-refractivity contribution in [3.05, 3.63) is 108 Å². The number of anilines is 1. The number of benzene rings is 5. The SMILES string of the molecule is Nc1ccc2[nH]c3c(c2c1)CC(N)(c1cccc2ccc4cc5ccccc5cc4c12)C=C3. The van der Waals surface area contributed by atoms with E-state index >= 15 is 0 Å². The number of H-pyrrole nitrogens is 1. The summed E-state index contributed by atoms with van der Waals surface area (Å²) in [7, 11) is 0. The van der Waals surface area contributed by atoms with Crippen molar-refractivity contribution >= 4 is 55.0 Å². The molecule has 1 aliphatic carbocycles. The molecule has 7 rings (SSSR count). The molecule has 3 heteroatoms. The van der Waals surface area contributed by atoms with Crippen LogP contribution in [0.5, 0.6) is 0 Å². The van der Waals surface area contributed by atoms with Crippen LogP contribution >= 0.6 is 0 Å². The minimum atomic E-state index is -0.619. The molecular formula is C30H23N3. The number of aromatic amines is 1. The molecular weight excluding hydrogens is 402 g/mol. The van der Waals surface area contributed by atoms with Crippen molar-refractivity contribution in [2.75, 3.05) is 5.73 Å². The van der Waals surface area contributed by atoms with E-state index in [1.165, 1.54) is 37.9 Å². The van der Waals surface area contributed by atoms with Gasteiger partial charge in [0.1, 0.15) is 0 Å². The van der Waals surface area contributed by atoms with Gasteiger partial charge in [-0.1, -0.05) is 60.7 Å². The van der Waals surface area contributed by atoms with Crippen molar-refractivity contribution in [3.63, 3.8) is 0 Å². The van der Waals surface area contributed by atoms with Crippen molar-refractivity contribution in [2.45, 2.75) is 12.0 Å². The van der Waals surface area contributed by atoms with Crippen molar-refractivity contribution < 1.29 is 0 Å². The molecule has 0 amide bonds. The van der Waals surface area contributed by atoms with E-state index in [1.54, 1.807) is 0 Å². The van der Waals surface area contributed by atoms with Gasteiger partial charge in [-0.3, -0.25) is 0 Å². The van der Waals surface area contributed by atoms with Gasteiger partial charge in [0.15, 0.2) is 0 Å². The summed E-state index contributed by atoms with van der Waals surface area (Å²) in [5.74, 6) is 0. The molecule has 5 N–H and O–H groups in total. The molecule has 0 aliphatic heterocycles. The molecule has 1 aromatic heterocycles. The lowest BCUT2D eigenvalue weighted by Crippen LogP contribution is -2.38. The quantitative estimate of drug-likeness (QED) is 0.157. The Labute approximate surface area is 191 Å². The van der Waals surface area contributed by atoms with Crippen molar-refractivity contribution in [1.82, 2.24) is 4.98 Å². The molecule has 5 aromatic carbocycles. The summed E-state index contributed by atoms with van der Waals surface area (Å²) in [4.78, 5) is 3.52. The van der Waals surface area contributed by atoms with Gasteiger partial charge in [-0.15, -0.1) is 0 Å². The minimum absolute atomic E-state index is 0.619. The molecule has 0 radical (unpaired) electrons. The first kappa shape index (κ1) is 18.5. The van der Waals surface area contributed by atoms with Gasteiger partial charge < -0.3 is 16.5 Å². The molecule has 1 unspecified atom stereocenters. The van der Waals surface area contributed by atoms with E-state index in [-0.39, 0.29) is 0 Å². The van der Waals surface area contributed by atoms with E-state index in [2.05, 4.69) is 89.9 Å². The Hall–Kier alpha value is -4.08. The Morgan fingerprint density at radius 1 is 0.727 bits per heavy atom. The van der Waals surface area contributed by atoms with Gasteiger partial charge in [0.2, 0.25) is 0 Å². The van der Waals surface area contributed by atoms with Crippen LogP contribution in [0.3, 0.4) is 0 Å². The van der Waals surface area contributed by atoms with E-state index in [0.717, 1.165) is 27.8 Å². The van der Waals surface area contributed by atoms with Gasteiger partial charge in [0, 0.05) is 28.7 Å². The molecule has 0 fully saturated rings. The van der Waals surface area contributed by atoms with Gasteiger partial charge >= 0.3 is 0 Å². The second kappa shape index (κ2) is 6.47. The van der Waals surface area contributed by atoms with Crippen LogP contribution in [-0.2, 0) is 12.0 Å². The molecule has 1 atom stereocenters. The number of hydrogen-bond acceptors (Lipinski definition) is 2. The lowest BCUT2D eigenvalue weighted by molar-refractivity contribution is 0.561. The van der Waals surface area contributed by atoms with E-state index in [4.69, 9.17) is 11.5 Å². The zero-order valence-corrected chi connectivity index (χ0v) is 18.1. The van der Waals surface area contributed by atoms with Crippen LogP contribution in [-0.4, -0.2) is 4.98 Å². The zero-order chi connectivity index (χ0) is 22.2. The topological polar surface area (TPSA) is 67.8 Å². The smallest absolute Gasteiger partial charge is 0.0647 e. The molecule has 0 bridgehead atoms. The van der Waals surface area contributed by atoms with E-state index in [9.17, 15) is 0 Å². The van der Waals surface area contributed by atoms with Crippen molar-refractivity contribution in [3.8, 4) is 0 Å². The number of aromatic nitrogens is 1. The van der Waals surface area contributed by atoms with Crippen LogP contribution in [0.2, 0.25) is 0 Å². The Bertz CT molecular complexity index is 1770. The molecule has 1 aliphatic rings. The predicted octanol–water partition coefficient (Wildman–Crippen LogP) is 6.63. The summed E-state index contributed by atoms with van der Waals surface area (Å²) in [5.41, 5.74) is 18.1.